The number of alkyl halides is 3. The largest absolute Gasteiger partial charge is 0.465 e. The van der Waals surface area contributed by atoms with Crippen LogP contribution in [-0.2, 0) is 17.5 Å². The van der Waals surface area contributed by atoms with Gasteiger partial charge in [0.25, 0.3) is 5.91 Å². The molecule has 31 heavy (non-hydrogen) atoms. The maximum atomic E-state index is 12.9. The van der Waals surface area contributed by atoms with E-state index in [4.69, 9.17) is 4.74 Å². The molecule has 1 amide bonds. The number of benzene rings is 2. The van der Waals surface area contributed by atoms with Crippen molar-refractivity contribution in [3.8, 4) is 0 Å². The van der Waals surface area contributed by atoms with Gasteiger partial charge in [-0.25, -0.2) is 4.79 Å². The Balaban J connectivity index is 1.86. The average molecular weight is 431 g/mol. The summed E-state index contributed by atoms with van der Waals surface area (Å²) < 4.78 is 45.2. The van der Waals surface area contributed by atoms with E-state index in [2.05, 4.69) is 10.4 Å². The Kier molecular flexibility index (Phi) is 6.14. The third-order valence-electron chi connectivity index (χ3n) is 4.81. The number of hydrogen-bond acceptors (Lipinski definition) is 4. The van der Waals surface area contributed by atoms with E-state index in [1.54, 1.807) is 42.8 Å². The van der Waals surface area contributed by atoms with Crippen molar-refractivity contribution >= 4 is 17.6 Å². The number of carbonyl (C=O) groups excluding carboxylic acids is 2. The second kappa shape index (κ2) is 8.63. The Bertz CT molecular complexity index is 1140. The Labute approximate surface area is 176 Å². The zero-order valence-corrected chi connectivity index (χ0v) is 17.1. The number of aromatic nitrogens is 2. The topological polar surface area (TPSA) is 73.2 Å². The zero-order valence-electron chi connectivity index (χ0n) is 17.1. The van der Waals surface area contributed by atoms with Gasteiger partial charge in [0, 0.05) is 5.56 Å². The molecule has 3 rings (SSSR count). The second-order valence-corrected chi connectivity index (χ2v) is 6.88. The number of esters is 1. The van der Waals surface area contributed by atoms with Gasteiger partial charge in [0.05, 0.1) is 41.9 Å². The molecule has 0 unspecified atom stereocenters. The van der Waals surface area contributed by atoms with Crippen molar-refractivity contribution in [3.05, 3.63) is 82.2 Å². The molecule has 1 aromatic heterocycles. The van der Waals surface area contributed by atoms with Crippen molar-refractivity contribution in [2.45, 2.75) is 26.6 Å². The smallest absolute Gasteiger partial charge is 0.416 e. The van der Waals surface area contributed by atoms with Gasteiger partial charge in [-0.1, -0.05) is 24.3 Å². The van der Waals surface area contributed by atoms with E-state index in [0.717, 1.165) is 12.1 Å². The summed E-state index contributed by atoms with van der Waals surface area (Å²) in [4.78, 5) is 24.6. The average Bonchev–Trinajstić information content (AvgIpc) is 3.00. The fraction of sp³-hybridized carbons (Fsp3) is 0.227. The van der Waals surface area contributed by atoms with Gasteiger partial charge in [-0.15, -0.1) is 0 Å². The third-order valence-corrected chi connectivity index (χ3v) is 4.81. The second-order valence-electron chi connectivity index (χ2n) is 6.88. The lowest BCUT2D eigenvalue weighted by Crippen LogP contribution is -2.15. The van der Waals surface area contributed by atoms with E-state index in [-0.39, 0.29) is 12.1 Å². The number of rotatable bonds is 5. The van der Waals surface area contributed by atoms with Crippen LogP contribution in [0.4, 0.5) is 18.9 Å². The first-order valence-electron chi connectivity index (χ1n) is 9.30. The lowest BCUT2D eigenvalue weighted by atomic mass is 10.1. The molecule has 0 aliphatic rings. The molecule has 1 N–H and O–H groups in total. The Hall–Kier alpha value is -3.62. The number of anilines is 1. The van der Waals surface area contributed by atoms with Crippen LogP contribution in [0, 0.1) is 13.8 Å². The van der Waals surface area contributed by atoms with Crippen LogP contribution in [0.25, 0.3) is 0 Å². The SMILES string of the molecule is COC(=O)c1ccccc1Cn1nc(C)c(NC(=O)c2cccc(C(F)(F)F)c2)c1C. The van der Waals surface area contributed by atoms with E-state index < -0.39 is 23.6 Å². The summed E-state index contributed by atoms with van der Waals surface area (Å²) in [5, 5.41) is 7.05. The van der Waals surface area contributed by atoms with Gasteiger partial charge in [0.2, 0.25) is 0 Å². The highest BCUT2D eigenvalue weighted by atomic mass is 19.4. The molecule has 162 valence electrons. The summed E-state index contributed by atoms with van der Waals surface area (Å²) >= 11 is 0. The summed E-state index contributed by atoms with van der Waals surface area (Å²) in [6.07, 6.45) is -4.54. The molecule has 1 heterocycles. The molecule has 2 aromatic carbocycles. The fourth-order valence-corrected chi connectivity index (χ4v) is 3.18. The predicted molar refractivity (Wildman–Crippen MR) is 108 cm³/mol. The van der Waals surface area contributed by atoms with Crippen LogP contribution >= 0.6 is 0 Å². The minimum Gasteiger partial charge on any atom is -0.465 e. The highest BCUT2D eigenvalue weighted by molar-refractivity contribution is 6.05. The molecule has 0 saturated carbocycles. The van der Waals surface area contributed by atoms with E-state index in [1.807, 2.05) is 0 Å². The quantitative estimate of drug-likeness (QED) is 0.599. The van der Waals surface area contributed by atoms with Crippen LogP contribution in [-0.4, -0.2) is 28.8 Å². The molecule has 0 radical (unpaired) electrons. The van der Waals surface area contributed by atoms with Crippen molar-refractivity contribution in [1.82, 2.24) is 9.78 Å². The van der Waals surface area contributed by atoms with Gasteiger partial charge >= 0.3 is 12.1 Å². The molecule has 6 nitrogen and oxygen atoms in total. The maximum Gasteiger partial charge on any atom is 0.416 e. The lowest BCUT2D eigenvalue weighted by Gasteiger charge is -2.11. The third kappa shape index (κ3) is 4.76. The maximum absolute atomic E-state index is 12.9. The molecule has 0 aliphatic heterocycles. The van der Waals surface area contributed by atoms with Crippen LogP contribution in [0.3, 0.4) is 0 Å². The first-order chi connectivity index (χ1) is 14.6. The van der Waals surface area contributed by atoms with Crippen LogP contribution in [0.5, 0.6) is 0 Å². The highest BCUT2D eigenvalue weighted by Crippen LogP contribution is 2.30. The number of nitrogens with zero attached hydrogens (tertiary/aromatic N) is 2. The van der Waals surface area contributed by atoms with Crippen LogP contribution in [0.2, 0.25) is 0 Å². The summed E-state index contributed by atoms with van der Waals surface area (Å²) in [5.41, 5.74) is 1.55. The Morgan fingerprint density at radius 2 is 1.81 bits per heavy atom. The molecule has 0 spiro atoms. The minimum atomic E-state index is -4.54. The van der Waals surface area contributed by atoms with Gasteiger partial charge in [-0.3, -0.25) is 9.48 Å². The zero-order chi connectivity index (χ0) is 22.8. The van der Waals surface area contributed by atoms with Crippen LogP contribution in [0.1, 0.15) is 43.2 Å². The Morgan fingerprint density at radius 3 is 2.48 bits per heavy atom. The standard InChI is InChI=1S/C22H20F3N3O3/c1-13-19(26-20(29)15-8-6-9-17(11-15)22(23,24)25)14(2)28(27-13)12-16-7-4-5-10-18(16)21(30)31-3/h4-11H,12H2,1-3H3,(H,26,29). The molecule has 0 fully saturated rings. The molecule has 0 bridgehead atoms. The van der Waals surface area contributed by atoms with Gasteiger partial charge < -0.3 is 10.1 Å². The number of carbonyl (C=O) groups is 2. The lowest BCUT2D eigenvalue weighted by molar-refractivity contribution is -0.137. The minimum absolute atomic E-state index is 0.114. The molecule has 0 atom stereocenters. The van der Waals surface area contributed by atoms with Crippen molar-refractivity contribution < 1.29 is 27.5 Å². The number of aryl methyl sites for hydroxylation is 1. The first-order valence-corrected chi connectivity index (χ1v) is 9.30. The predicted octanol–water partition coefficient (Wildman–Crippen LogP) is 4.61. The van der Waals surface area contributed by atoms with Crippen LogP contribution < -0.4 is 5.32 Å². The monoisotopic (exact) mass is 431 g/mol. The number of nitrogens with one attached hydrogen (secondary N) is 1. The highest BCUT2D eigenvalue weighted by Gasteiger charge is 2.31. The summed E-state index contributed by atoms with van der Waals surface area (Å²) in [6.45, 7) is 3.65. The Morgan fingerprint density at radius 1 is 1.10 bits per heavy atom. The van der Waals surface area contributed by atoms with Gasteiger partial charge in [-0.05, 0) is 43.7 Å². The van der Waals surface area contributed by atoms with Gasteiger partial charge in [0.15, 0.2) is 0 Å². The van der Waals surface area contributed by atoms with E-state index in [0.29, 0.717) is 28.2 Å². The normalized spacial score (nSPS) is 11.3. The van der Waals surface area contributed by atoms with E-state index in [1.165, 1.54) is 19.2 Å². The number of methoxy groups -OCH3 is 1. The summed E-state index contributed by atoms with van der Waals surface area (Å²) in [5.74, 6) is -1.15. The van der Waals surface area contributed by atoms with Crippen molar-refractivity contribution in [2.75, 3.05) is 12.4 Å². The molecular weight excluding hydrogens is 411 g/mol. The van der Waals surface area contributed by atoms with Crippen molar-refractivity contribution in [3.63, 3.8) is 0 Å². The van der Waals surface area contributed by atoms with Crippen LogP contribution in [0.15, 0.2) is 48.5 Å². The fourth-order valence-electron chi connectivity index (χ4n) is 3.18. The number of ether oxygens (including phenoxy) is 1. The number of amides is 1. The molecule has 0 saturated heterocycles. The summed E-state index contributed by atoms with van der Waals surface area (Å²) in [6, 6.07) is 11.1. The van der Waals surface area contributed by atoms with E-state index >= 15 is 0 Å². The molecule has 0 aliphatic carbocycles. The number of hydrogen-bond donors (Lipinski definition) is 1. The van der Waals surface area contributed by atoms with Gasteiger partial charge in [0.1, 0.15) is 0 Å². The number of halogens is 3. The molecular formula is C22H20F3N3O3. The molecule has 3 aromatic rings. The van der Waals surface area contributed by atoms with Crippen molar-refractivity contribution in [1.29, 1.82) is 0 Å². The van der Waals surface area contributed by atoms with Crippen molar-refractivity contribution in [2.24, 2.45) is 0 Å². The summed E-state index contributed by atoms with van der Waals surface area (Å²) in [7, 11) is 1.30. The van der Waals surface area contributed by atoms with E-state index in [9.17, 15) is 22.8 Å². The van der Waals surface area contributed by atoms with Gasteiger partial charge in [-0.2, -0.15) is 18.3 Å². The molecule has 9 heteroatoms. The first kappa shape index (κ1) is 22.1.